The minimum atomic E-state index is 0.938. The number of hydrogen-bond acceptors (Lipinski definition) is 2. The summed E-state index contributed by atoms with van der Waals surface area (Å²) in [5.74, 6) is 0.938. The van der Waals surface area contributed by atoms with E-state index in [0.29, 0.717) is 0 Å². The van der Waals surface area contributed by atoms with Crippen molar-refractivity contribution < 1.29 is 0 Å². The molecule has 0 N–H and O–H groups in total. The van der Waals surface area contributed by atoms with E-state index in [1.165, 1.54) is 38.1 Å². The van der Waals surface area contributed by atoms with Crippen LogP contribution in [0.25, 0.3) is 71.6 Å². The SMILES string of the molecule is c1ccc(-c2nc3c4ccc(-c5ccc(N(c6ccccc6)c6ccc7ccccc7c6)cc5)cc4c4ccccc4c3n2-c2ccccc2)cc1. The minimum absolute atomic E-state index is 0.938. The van der Waals surface area contributed by atoms with Crippen LogP contribution in [0.3, 0.4) is 0 Å². The lowest BCUT2D eigenvalue weighted by atomic mass is 9.95. The molecule has 1 heterocycles. The summed E-state index contributed by atoms with van der Waals surface area (Å²) in [6.45, 7) is 0. The molecule has 0 bridgehead atoms. The number of rotatable bonds is 6. The molecule has 3 heteroatoms. The van der Waals surface area contributed by atoms with Gasteiger partial charge in [-0.3, -0.25) is 4.57 Å². The van der Waals surface area contributed by atoms with Crippen molar-refractivity contribution in [2.75, 3.05) is 4.90 Å². The van der Waals surface area contributed by atoms with E-state index in [9.17, 15) is 0 Å². The summed E-state index contributed by atoms with van der Waals surface area (Å²) in [7, 11) is 0. The molecular formula is C49H33N3. The molecule has 0 saturated heterocycles. The fraction of sp³-hybridized carbons (Fsp3) is 0. The summed E-state index contributed by atoms with van der Waals surface area (Å²) >= 11 is 0. The van der Waals surface area contributed by atoms with Crippen molar-refractivity contribution in [3.05, 3.63) is 200 Å². The number of hydrogen-bond donors (Lipinski definition) is 0. The van der Waals surface area contributed by atoms with Crippen LogP contribution < -0.4 is 4.90 Å². The average molecular weight is 664 g/mol. The molecule has 244 valence electrons. The lowest BCUT2D eigenvalue weighted by molar-refractivity contribution is 1.11. The maximum absolute atomic E-state index is 5.40. The van der Waals surface area contributed by atoms with Crippen molar-refractivity contribution in [1.29, 1.82) is 0 Å². The number of imidazole rings is 1. The third-order valence-electron chi connectivity index (χ3n) is 10.1. The Kier molecular flexibility index (Phi) is 7.14. The third-order valence-corrected chi connectivity index (χ3v) is 10.1. The first-order valence-electron chi connectivity index (χ1n) is 17.7. The van der Waals surface area contributed by atoms with Gasteiger partial charge in [-0.05, 0) is 87.3 Å². The summed E-state index contributed by atoms with van der Waals surface area (Å²) in [6.07, 6.45) is 0. The third kappa shape index (κ3) is 5.02. The molecule has 0 unspecified atom stereocenters. The maximum Gasteiger partial charge on any atom is 0.145 e. The standard InChI is InChI=1S/C49H33N3/c1-4-15-36(16-5-1)49-50-47-44-31-27-38(33-46(44)43-22-12-13-23-45(43)48(47)52(49)40-20-8-3-9-21-40)35-24-28-41(29-25-35)51(39-18-6-2-7-19-39)42-30-26-34-14-10-11-17-37(34)32-42/h1-33H. The molecule has 0 radical (unpaired) electrons. The highest BCUT2D eigenvalue weighted by molar-refractivity contribution is 6.24. The van der Waals surface area contributed by atoms with Crippen LogP contribution in [-0.4, -0.2) is 9.55 Å². The molecule has 0 aliphatic heterocycles. The van der Waals surface area contributed by atoms with Crippen LogP contribution in [0.1, 0.15) is 0 Å². The summed E-state index contributed by atoms with van der Waals surface area (Å²) in [4.78, 5) is 7.73. The fourth-order valence-corrected chi connectivity index (χ4v) is 7.69. The first-order valence-corrected chi connectivity index (χ1v) is 17.7. The Bertz CT molecular complexity index is 2880. The molecule has 0 atom stereocenters. The second kappa shape index (κ2) is 12.4. The predicted octanol–water partition coefficient (Wildman–Crippen LogP) is 13.3. The van der Waals surface area contributed by atoms with Crippen LogP contribution >= 0.6 is 0 Å². The highest BCUT2D eigenvalue weighted by atomic mass is 15.1. The lowest BCUT2D eigenvalue weighted by Gasteiger charge is -2.26. The number of benzene rings is 9. The first kappa shape index (κ1) is 29.9. The number of fused-ring (bicyclic) bond motifs is 7. The maximum atomic E-state index is 5.40. The molecule has 52 heavy (non-hydrogen) atoms. The van der Waals surface area contributed by atoms with Crippen molar-refractivity contribution >= 4 is 60.4 Å². The quantitative estimate of drug-likeness (QED) is 0.165. The van der Waals surface area contributed by atoms with E-state index >= 15 is 0 Å². The zero-order chi connectivity index (χ0) is 34.4. The lowest BCUT2D eigenvalue weighted by Crippen LogP contribution is -2.09. The van der Waals surface area contributed by atoms with Gasteiger partial charge in [-0.25, -0.2) is 4.98 Å². The highest BCUT2D eigenvalue weighted by Gasteiger charge is 2.20. The summed E-state index contributed by atoms with van der Waals surface area (Å²) in [5, 5.41) is 7.20. The van der Waals surface area contributed by atoms with Crippen molar-refractivity contribution in [2.24, 2.45) is 0 Å². The Labute approximate surface area is 302 Å². The summed E-state index contributed by atoms with van der Waals surface area (Å²) < 4.78 is 2.33. The number of para-hydroxylation sites is 2. The minimum Gasteiger partial charge on any atom is -0.310 e. The molecule has 0 saturated carbocycles. The van der Waals surface area contributed by atoms with Gasteiger partial charge in [-0.1, -0.05) is 146 Å². The molecule has 0 aliphatic carbocycles. The molecule has 9 aromatic carbocycles. The zero-order valence-corrected chi connectivity index (χ0v) is 28.4. The Hall–Kier alpha value is -6.97. The monoisotopic (exact) mass is 663 g/mol. The van der Waals surface area contributed by atoms with Crippen LogP contribution in [-0.2, 0) is 0 Å². The topological polar surface area (TPSA) is 21.1 Å². The second-order valence-electron chi connectivity index (χ2n) is 13.2. The van der Waals surface area contributed by atoms with Gasteiger partial charge in [0.05, 0.1) is 11.0 Å². The van der Waals surface area contributed by atoms with E-state index in [0.717, 1.165) is 50.6 Å². The van der Waals surface area contributed by atoms with Gasteiger partial charge in [0, 0.05) is 39.1 Å². The fourth-order valence-electron chi connectivity index (χ4n) is 7.69. The van der Waals surface area contributed by atoms with Gasteiger partial charge in [0.15, 0.2) is 0 Å². The van der Waals surface area contributed by atoms with Gasteiger partial charge >= 0.3 is 0 Å². The van der Waals surface area contributed by atoms with E-state index in [1.807, 2.05) is 0 Å². The van der Waals surface area contributed by atoms with Gasteiger partial charge < -0.3 is 4.90 Å². The van der Waals surface area contributed by atoms with Crippen LogP contribution in [0.15, 0.2) is 200 Å². The number of anilines is 3. The van der Waals surface area contributed by atoms with E-state index < -0.39 is 0 Å². The Morgan fingerprint density at radius 1 is 0.365 bits per heavy atom. The van der Waals surface area contributed by atoms with Crippen LogP contribution in [0, 0.1) is 0 Å². The van der Waals surface area contributed by atoms with E-state index in [1.54, 1.807) is 0 Å². The molecule has 3 nitrogen and oxygen atoms in total. The summed E-state index contributed by atoms with van der Waals surface area (Å²) in [6, 6.07) is 71.5. The zero-order valence-electron chi connectivity index (χ0n) is 28.4. The van der Waals surface area contributed by atoms with Gasteiger partial charge in [0.25, 0.3) is 0 Å². The molecule has 0 fully saturated rings. The first-order chi connectivity index (χ1) is 25.8. The molecule has 0 spiro atoms. The molecule has 10 aromatic rings. The van der Waals surface area contributed by atoms with Crippen LogP contribution in [0.5, 0.6) is 0 Å². The molecule has 10 rings (SSSR count). The smallest absolute Gasteiger partial charge is 0.145 e. The highest BCUT2D eigenvalue weighted by Crippen LogP contribution is 2.41. The molecule has 1 aromatic heterocycles. The normalized spacial score (nSPS) is 11.5. The molecule has 0 aliphatic rings. The van der Waals surface area contributed by atoms with E-state index in [2.05, 4.69) is 210 Å². The second-order valence-corrected chi connectivity index (χ2v) is 13.2. The van der Waals surface area contributed by atoms with Crippen molar-refractivity contribution in [3.8, 4) is 28.2 Å². The Morgan fingerprint density at radius 3 is 1.73 bits per heavy atom. The van der Waals surface area contributed by atoms with Crippen LogP contribution in [0.4, 0.5) is 17.1 Å². The van der Waals surface area contributed by atoms with Crippen molar-refractivity contribution in [3.63, 3.8) is 0 Å². The van der Waals surface area contributed by atoms with E-state index in [4.69, 9.17) is 4.98 Å². The van der Waals surface area contributed by atoms with Gasteiger partial charge in [-0.2, -0.15) is 0 Å². The largest absolute Gasteiger partial charge is 0.310 e. The molecular weight excluding hydrogens is 631 g/mol. The van der Waals surface area contributed by atoms with Gasteiger partial charge in [0.1, 0.15) is 5.82 Å². The van der Waals surface area contributed by atoms with E-state index in [-0.39, 0.29) is 0 Å². The Morgan fingerprint density at radius 2 is 0.962 bits per heavy atom. The van der Waals surface area contributed by atoms with Gasteiger partial charge in [-0.15, -0.1) is 0 Å². The van der Waals surface area contributed by atoms with Crippen molar-refractivity contribution in [2.45, 2.75) is 0 Å². The number of nitrogens with zero attached hydrogens (tertiary/aromatic N) is 3. The molecule has 0 amide bonds. The Balaban J connectivity index is 1.12. The summed E-state index contributed by atoms with van der Waals surface area (Å²) in [5.41, 5.74) is 10.0. The number of aromatic nitrogens is 2. The van der Waals surface area contributed by atoms with Crippen LogP contribution in [0.2, 0.25) is 0 Å². The van der Waals surface area contributed by atoms with Crippen molar-refractivity contribution in [1.82, 2.24) is 9.55 Å². The van der Waals surface area contributed by atoms with Gasteiger partial charge in [0.2, 0.25) is 0 Å². The average Bonchev–Trinajstić information content (AvgIpc) is 3.63. The predicted molar refractivity (Wildman–Crippen MR) is 219 cm³/mol.